The van der Waals surface area contributed by atoms with Gasteiger partial charge in [0, 0.05) is 12.6 Å². The summed E-state index contributed by atoms with van der Waals surface area (Å²) in [5.74, 6) is 0. The van der Waals surface area contributed by atoms with Crippen LogP contribution in [0.15, 0.2) is 30.3 Å². The van der Waals surface area contributed by atoms with E-state index >= 15 is 0 Å². The van der Waals surface area contributed by atoms with E-state index in [0.717, 1.165) is 5.56 Å². The van der Waals surface area contributed by atoms with Crippen LogP contribution in [0.5, 0.6) is 0 Å². The van der Waals surface area contributed by atoms with Crippen molar-refractivity contribution in [2.75, 3.05) is 6.54 Å². The fourth-order valence-corrected chi connectivity index (χ4v) is 3.46. The van der Waals surface area contributed by atoms with Gasteiger partial charge in [-0.25, -0.2) is 13.1 Å². The van der Waals surface area contributed by atoms with Crippen molar-refractivity contribution in [2.24, 2.45) is 5.73 Å². The molecule has 1 aromatic rings. The largest absolute Gasteiger partial charge is 0.329 e. The lowest BCUT2D eigenvalue weighted by atomic mass is 10.1. The molecule has 5 heteroatoms. The summed E-state index contributed by atoms with van der Waals surface area (Å²) < 4.78 is 27.0. The molecule has 0 radical (unpaired) electrons. The average molecular weight is 270 g/mol. The van der Waals surface area contributed by atoms with Crippen molar-refractivity contribution in [1.29, 1.82) is 0 Å². The van der Waals surface area contributed by atoms with Gasteiger partial charge >= 0.3 is 0 Å². The average Bonchev–Trinajstić information content (AvgIpc) is 2.38. The van der Waals surface area contributed by atoms with Crippen LogP contribution in [0.25, 0.3) is 0 Å². The Balaban J connectivity index is 2.87. The van der Waals surface area contributed by atoms with Gasteiger partial charge in [0.2, 0.25) is 10.0 Å². The molecule has 0 aliphatic heterocycles. The van der Waals surface area contributed by atoms with Gasteiger partial charge in [0.1, 0.15) is 0 Å². The third kappa shape index (κ3) is 3.80. The van der Waals surface area contributed by atoms with Crippen molar-refractivity contribution in [1.82, 2.24) is 4.72 Å². The zero-order valence-electron chi connectivity index (χ0n) is 11.0. The maximum Gasteiger partial charge on any atom is 0.216 e. The topological polar surface area (TPSA) is 72.2 Å². The van der Waals surface area contributed by atoms with Crippen molar-refractivity contribution in [2.45, 2.75) is 38.0 Å². The Labute approximate surface area is 110 Å². The van der Waals surface area contributed by atoms with Crippen LogP contribution >= 0.6 is 0 Å². The molecule has 2 atom stereocenters. The molecule has 2 unspecified atom stereocenters. The van der Waals surface area contributed by atoms with Crippen LogP contribution in [0.1, 0.15) is 38.3 Å². The first kappa shape index (κ1) is 15.1. The van der Waals surface area contributed by atoms with E-state index in [1.807, 2.05) is 44.2 Å². The molecule has 4 nitrogen and oxygen atoms in total. The molecular weight excluding hydrogens is 248 g/mol. The molecule has 0 fully saturated rings. The van der Waals surface area contributed by atoms with E-state index in [9.17, 15) is 8.42 Å². The van der Waals surface area contributed by atoms with Gasteiger partial charge < -0.3 is 5.73 Å². The Kier molecular flexibility index (Phi) is 5.78. The van der Waals surface area contributed by atoms with Crippen LogP contribution in [0.3, 0.4) is 0 Å². The third-order valence-corrected chi connectivity index (χ3v) is 5.09. The van der Waals surface area contributed by atoms with Gasteiger partial charge in [-0.15, -0.1) is 0 Å². The lowest BCUT2D eigenvalue weighted by Crippen LogP contribution is -2.40. The Morgan fingerprint density at radius 3 is 2.22 bits per heavy atom. The first-order valence-electron chi connectivity index (χ1n) is 6.31. The highest BCUT2D eigenvalue weighted by atomic mass is 32.2. The molecule has 0 bridgehead atoms. The first-order chi connectivity index (χ1) is 8.55. The summed E-state index contributed by atoms with van der Waals surface area (Å²) in [5, 5.41) is -0.518. The SMILES string of the molecule is CCC(NS(=O)(=O)C(CC)CN)c1ccccc1. The van der Waals surface area contributed by atoms with E-state index < -0.39 is 15.3 Å². The summed E-state index contributed by atoms with van der Waals surface area (Å²) in [5.41, 5.74) is 6.49. The summed E-state index contributed by atoms with van der Waals surface area (Å²) in [7, 11) is -3.36. The number of nitrogens with two attached hydrogens (primary N) is 1. The number of hydrogen-bond acceptors (Lipinski definition) is 3. The van der Waals surface area contributed by atoms with Gasteiger partial charge in [0.15, 0.2) is 0 Å². The number of benzene rings is 1. The molecule has 3 N–H and O–H groups in total. The molecule has 0 amide bonds. The standard InChI is InChI=1S/C13H22N2O2S/c1-3-12(10-14)18(16,17)15-13(4-2)11-8-6-5-7-9-11/h5-9,12-13,15H,3-4,10,14H2,1-2H3. The van der Waals surface area contributed by atoms with E-state index in [1.54, 1.807) is 0 Å². The normalized spacial score (nSPS) is 15.3. The minimum Gasteiger partial charge on any atom is -0.329 e. The number of sulfonamides is 1. The molecular formula is C13H22N2O2S. The number of hydrogen-bond donors (Lipinski definition) is 2. The molecule has 1 aromatic carbocycles. The third-order valence-electron chi connectivity index (χ3n) is 3.07. The van der Waals surface area contributed by atoms with Gasteiger partial charge in [0.05, 0.1) is 5.25 Å². The van der Waals surface area contributed by atoms with Crippen LogP contribution in [-0.4, -0.2) is 20.2 Å². The molecule has 0 aliphatic carbocycles. The minimum atomic E-state index is -3.36. The van der Waals surface area contributed by atoms with E-state index in [4.69, 9.17) is 5.73 Å². The monoisotopic (exact) mass is 270 g/mol. The molecule has 18 heavy (non-hydrogen) atoms. The van der Waals surface area contributed by atoms with Gasteiger partial charge in [0.25, 0.3) is 0 Å². The molecule has 0 heterocycles. The van der Waals surface area contributed by atoms with Crippen LogP contribution in [-0.2, 0) is 10.0 Å². The van der Waals surface area contributed by atoms with E-state index in [-0.39, 0.29) is 12.6 Å². The van der Waals surface area contributed by atoms with Crippen LogP contribution < -0.4 is 10.5 Å². The molecule has 0 aromatic heterocycles. The Bertz CT molecular complexity index is 441. The van der Waals surface area contributed by atoms with Crippen molar-refractivity contribution in [3.8, 4) is 0 Å². The Morgan fingerprint density at radius 1 is 1.17 bits per heavy atom. The maximum atomic E-state index is 12.1. The summed E-state index contributed by atoms with van der Waals surface area (Å²) in [6.45, 7) is 3.95. The Morgan fingerprint density at radius 2 is 1.78 bits per heavy atom. The predicted molar refractivity (Wildman–Crippen MR) is 74.7 cm³/mol. The van der Waals surface area contributed by atoms with Crippen LogP contribution in [0.4, 0.5) is 0 Å². The predicted octanol–water partition coefficient (Wildman–Crippen LogP) is 1.79. The zero-order chi connectivity index (χ0) is 13.6. The molecule has 0 spiro atoms. The quantitative estimate of drug-likeness (QED) is 0.793. The second kappa shape index (κ2) is 6.87. The lowest BCUT2D eigenvalue weighted by Gasteiger charge is -2.21. The number of rotatable bonds is 7. The highest BCUT2D eigenvalue weighted by Crippen LogP contribution is 2.18. The zero-order valence-corrected chi connectivity index (χ0v) is 11.8. The summed E-state index contributed by atoms with van der Waals surface area (Å²) in [4.78, 5) is 0. The number of nitrogens with one attached hydrogen (secondary N) is 1. The van der Waals surface area contributed by atoms with E-state index in [0.29, 0.717) is 12.8 Å². The molecule has 0 aliphatic rings. The van der Waals surface area contributed by atoms with Gasteiger partial charge in [-0.1, -0.05) is 44.2 Å². The second-order valence-corrected chi connectivity index (χ2v) is 6.29. The highest BCUT2D eigenvalue weighted by molar-refractivity contribution is 7.90. The maximum absolute atomic E-state index is 12.1. The molecule has 0 saturated carbocycles. The molecule has 1 rings (SSSR count). The van der Waals surface area contributed by atoms with Gasteiger partial charge in [-0.2, -0.15) is 0 Å². The van der Waals surface area contributed by atoms with Crippen LogP contribution in [0.2, 0.25) is 0 Å². The minimum absolute atomic E-state index is 0.150. The van der Waals surface area contributed by atoms with Crippen molar-refractivity contribution >= 4 is 10.0 Å². The fourth-order valence-electron chi connectivity index (χ4n) is 1.88. The van der Waals surface area contributed by atoms with Crippen molar-refractivity contribution in [3.05, 3.63) is 35.9 Å². The summed E-state index contributed by atoms with van der Waals surface area (Å²) >= 11 is 0. The van der Waals surface area contributed by atoms with Crippen molar-refractivity contribution < 1.29 is 8.42 Å². The van der Waals surface area contributed by atoms with Crippen molar-refractivity contribution in [3.63, 3.8) is 0 Å². The molecule has 0 saturated heterocycles. The second-order valence-electron chi connectivity index (χ2n) is 4.30. The fraction of sp³-hybridized carbons (Fsp3) is 0.538. The summed E-state index contributed by atoms with van der Waals surface area (Å²) in [6.07, 6.45) is 1.24. The van der Waals surface area contributed by atoms with Crippen LogP contribution in [0, 0.1) is 0 Å². The smallest absolute Gasteiger partial charge is 0.216 e. The van der Waals surface area contributed by atoms with Gasteiger partial charge in [-0.05, 0) is 18.4 Å². The molecule has 102 valence electrons. The van der Waals surface area contributed by atoms with Gasteiger partial charge in [-0.3, -0.25) is 0 Å². The van der Waals surface area contributed by atoms with E-state index in [1.165, 1.54) is 0 Å². The first-order valence-corrected chi connectivity index (χ1v) is 7.85. The summed E-state index contributed by atoms with van der Waals surface area (Å²) in [6, 6.07) is 9.41. The Hall–Kier alpha value is -0.910. The highest BCUT2D eigenvalue weighted by Gasteiger charge is 2.25. The van der Waals surface area contributed by atoms with E-state index in [2.05, 4.69) is 4.72 Å². The lowest BCUT2D eigenvalue weighted by molar-refractivity contribution is 0.533.